The topological polar surface area (TPSA) is 143 Å². The van der Waals surface area contributed by atoms with Gasteiger partial charge >= 0.3 is 17.7 Å². The number of rotatable bonds is 4. The molecule has 1 aromatic carbocycles. The number of carboxylic acid groups (broad SMARTS) is 2. The van der Waals surface area contributed by atoms with Gasteiger partial charge in [0.2, 0.25) is 6.21 Å². The van der Waals surface area contributed by atoms with E-state index < -0.39 is 35.5 Å². The first-order chi connectivity index (χ1) is 11.3. The number of hydrogen-bond donors (Lipinski definition) is 1. The number of aliphatic imine (C=N–C) groups is 1. The summed E-state index contributed by atoms with van der Waals surface area (Å²) >= 11 is 0. The van der Waals surface area contributed by atoms with E-state index in [0.717, 1.165) is 0 Å². The average Bonchev–Trinajstić information content (AvgIpc) is 2.98. The predicted molar refractivity (Wildman–Crippen MR) is 76.1 cm³/mol. The van der Waals surface area contributed by atoms with Gasteiger partial charge in [0.25, 0.3) is 0 Å². The summed E-state index contributed by atoms with van der Waals surface area (Å²) in [6.45, 7) is 1.28. The van der Waals surface area contributed by atoms with Gasteiger partial charge in [0.1, 0.15) is 6.07 Å². The Hall–Kier alpha value is -3.54. The molecule has 0 spiro atoms. The van der Waals surface area contributed by atoms with Crippen LogP contribution in [0.25, 0.3) is 0 Å². The van der Waals surface area contributed by atoms with Crippen molar-refractivity contribution in [3.8, 4) is 6.07 Å². The van der Waals surface area contributed by atoms with E-state index >= 15 is 0 Å². The number of ether oxygens (including phenoxy) is 1. The van der Waals surface area contributed by atoms with Crippen LogP contribution in [0.15, 0.2) is 35.3 Å². The van der Waals surface area contributed by atoms with Crippen molar-refractivity contribution in [2.45, 2.75) is 18.7 Å². The van der Waals surface area contributed by atoms with Crippen LogP contribution in [-0.2, 0) is 20.0 Å². The van der Waals surface area contributed by atoms with Gasteiger partial charge in [0, 0.05) is 0 Å². The van der Waals surface area contributed by atoms with E-state index in [0.29, 0.717) is 10.8 Å². The molecule has 1 aromatic rings. The molecule has 0 bridgehead atoms. The zero-order valence-corrected chi connectivity index (χ0v) is 12.4. The Morgan fingerprint density at radius 1 is 1.38 bits per heavy atom. The SMILES string of the molecule is CC(C#N)OC(=O)[N+]1=CC(C(=O)[O-])=NC1(C(=O)O)c1ccccc1. The lowest BCUT2D eigenvalue weighted by Crippen LogP contribution is -2.46. The van der Waals surface area contributed by atoms with E-state index in [1.165, 1.54) is 31.2 Å². The van der Waals surface area contributed by atoms with Crippen LogP contribution < -0.4 is 5.11 Å². The number of amides is 1. The van der Waals surface area contributed by atoms with Gasteiger partial charge in [-0.25, -0.2) is 4.79 Å². The Kier molecular flexibility index (Phi) is 4.41. The van der Waals surface area contributed by atoms with Gasteiger partial charge in [-0.05, 0) is 19.1 Å². The highest BCUT2D eigenvalue weighted by atomic mass is 16.6. The molecule has 1 N–H and O–H groups in total. The fraction of sp³-hybridized carbons (Fsp3) is 0.200. The Morgan fingerprint density at radius 2 is 2.00 bits per heavy atom. The normalized spacial score (nSPS) is 20.3. The minimum Gasteiger partial charge on any atom is -0.543 e. The lowest BCUT2D eigenvalue weighted by Gasteiger charge is -2.18. The molecule has 24 heavy (non-hydrogen) atoms. The number of carboxylic acids is 2. The van der Waals surface area contributed by atoms with Gasteiger partial charge in [0.05, 0.1) is 11.5 Å². The Balaban J connectivity index is 2.64. The maximum Gasteiger partial charge on any atom is 0.600 e. The second-order valence-corrected chi connectivity index (χ2v) is 4.78. The minimum atomic E-state index is -2.36. The van der Waals surface area contributed by atoms with Crippen LogP contribution >= 0.6 is 0 Å². The van der Waals surface area contributed by atoms with Crippen LogP contribution in [0.2, 0.25) is 0 Å². The number of carbonyl (C=O) groups is 3. The van der Waals surface area contributed by atoms with E-state index in [9.17, 15) is 24.6 Å². The fourth-order valence-electron chi connectivity index (χ4n) is 2.14. The van der Waals surface area contributed by atoms with E-state index in [4.69, 9.17) is 10.00 Å². The zero-order chi connectivity index (χ0) is 17.9. The zero-order valence-electron chi connectivity index (χ0n) is 12.4. The van der Waals surface area contributed by atoms with Crippen LogP contribution in [0.1, 0.15) is 12.5 Å². The molecule has 2 rings (SSSR count). The van der Waals surface area contributed by atoms with Crippen LogP contribution in [0.4, 0.5) is 4.79 Å². The van der Waals surface area contributed by atoms with E-state index in [1.807, 2.05) is 0 Å². The fourth-order valence-corrected chi connectivity index (χ4v) is 2.14. The lowest BCUT2D eigenvalue weighted by atomic mass is 10.00. The van der Waals surface area contributed by atoms with Gasteiger partial charge in [-0.15, -0.1) is 0 Å². The van der Waals surface area contributed by atoms with Gasteiger partial charge in [-0.1, -0.05) is 22.8 Å². The van der Waals surface area contributed by atoms with E-state index in [1.54, 1.807) is 12.1 Å². The molecule has 0 fully saturated rings. The molecule has 9 heteroatoms. The molecule has 2 unspecified atom stereocenters. The van der Waals surface area contributed by atoms with Crippen molar-refractivity contribution in [2.24, 2.45) is 4.99 Å². The highest BCUT2D eigenvalue weighted by Gasteiger charge is 2.59. The minimum absolute atomic E-state index is 0.0339. The summed E-state index contributed by atoms with van der Waals surface area (Å²) in [5.74, 6) is -3.34. The molecule has 1 aliphatic rings. The number of benzene rings is 1. The van der Waals surface area contributed by atoms with Gasteiger partial charge in [0.15, 0.2) is 11.8 Å². The largest absolute Gasteiger partial charge is 0.600 e. The highest BCUT2D eigenvalue weighted by Crippen LogP contribution is 2.31. The van der Waals surface area contributed by atoms with Crippen molar-refractivity contribution in [2.75, 3.05) is 0 Å². The highest BCUT2D eigenvalue weighted by molar-refractivity contribution is 6.58. The van der Waals surface area contributed by atoms with Gasteiger partial charge in [-0.3, -0.25) is 0 Å². The van der Waals surface area contributed by atoms with Crippen molar-refractivity contribution in [1.29, 1.82) is 5.26 Å². The molecule has 1 heterocycles. The summed E-state index contributed by atoms with van der Waals surface area (Å²) in [4.78, 5) is 38.9. The van der Waals surface area contributed by atoms with Crippen molar-refractivity contribution in [1.82, 2.24) is 0 Å². The molecule has 0 saturated heterocycles. The monoisotopic (exact) mass is 329 g/mol. The first kappa shape index (κ1) is 16.8. The predicted octanol–water partition coefficient (Wildman–Crippen LogP) is -0.740. The first-order valence-electron chi connectivity index (χ1n) is 6.67. The number of carbonyl (C=O) groups excluding carboxylic acids is 2. The third kappa shape index (κ3) is 2.72. The Labute approximate surface area is 135 Å². The van der Waals surface area contributed by atoms with Crippen LogP contribution in [0.5, 0.6) is 0 Å². The third-order valence-corrected chi connectivity index (χ3v) is 3.22. The number of nitriles is 1. The number of aliphatic carboxylic acids is 2. The van der Waals surface area contributed by atoms with Gasteiger partial charge < -0.3 is 19.7 Å². The molecule has 0 aliphatic carbocycles. The summed E-state index contributed by atoms with van der Waals surface area (Å²) < 4.78 is 5.30. The molecule has 2 atom stereocenters. The summed E-state index contributed by atoms with van der Waals surface area (Å²) in [6, 6.07) is 9.03. The smallest absolute Gasteiger partial charge is 0.543 e. The lowest BCUT2D eigenvalue weighted by molar-refractivity contribution is -0.519. The molecule has 0 radical (unpaired) electrons. The summed E-state index contributed by atoms with van der Waals surface area (Å²) in [5, 5.41) is 29.5. The maximum atomic E-state index is 12.2. The van der Waals surface area contributed by atoms with Crippen molar-refractivity contribution >= 4 is 30.0 Å². The second-order valence-electron chi connectivity index (χ2n) is 4.78. The van der Waals surface area contributed by atoms with E-state index in [2.05, 4.69) is 4.99 Å². The summed E-state index contributed by atoms with van der Waals surface area (Å²) in [6.07, 6.45) is -1.68. The van der Waals surface area contributed by atoms with Gasteiger partial charge in [-0.2, -0.15) is 15.0 Å². The molecule has 0 saturated carbocycles. The molecule has 0 aromatic heterocycles. The van der Waals surface area contributed by atoms with E-state index in [-0.39, 0.29) is 5.56 Å². The molecular formula is C15H11N3O6. The molecule has 9 nitrogen and oxygen atoms in total. The van der Waals surface area contributed by atoms with Crippen molar-refractivity contribution < 1.29 is 33.9 Å². The van der Waals surface area contributed by atoms with Crippen molar-refractivity contribution in [3.63, 3.8) is 0 Å². The summed E-state index contributed by atoms with van der Waals surface area (Å²) in [5.41, 5.74) is -3.06. The average molecular weight is 329 g/mol. The Morgan fingerprint density at radius 3 is 2.50 bits per heavy atom. The van der Waals surface area contributed by atoms with Crippen LogP contribution in [0.3, 0.4) is 0 Å². The molecule has 1 aliphatic heterocycles. The quantitative estimate of drug-likeness (QED) is 0.716. The van der Waals surface area contributed by atoms with Crippen molar-refractivity contribution in [3.05, 3.63) is 35.9 Å². The standard InChI is InChI=1S/C15H11N3O6/c1-9(7-16)24-14(23)18-8-11(12(19)20)17-15(18,13(21)22)10-5-3-2-4-6-10/h2-6,8-9H,1H3,(H-,19,20,21,22). The number of hydrogen-bond acceptors (Lipinski definition) is 7. The molecule has 122 valence electrons. The Bertz CT molecular complexity index is 808. The van der Waals surface area contributed by atoms with Crippen LogP contribution in [-0.4, -0.2) is 45.7 Å². The summed E-state index contributed by atoms with van der Waals surface area (Å²) in [7, 11) is 0. The van der Waals surface area contributed by atoms with Crippen LogP contribution in [0, 0.1) is 11.3 Å². The third-order valence-electron chi connectivity index (χ3n) is 3.22. The first-order valence-corrected chi connectivity index (χ1v) is 6.67. The molecular weight excluding hydrogens is 318 g/mol. The molecule has 1 amide bonds. The second kappa shape index (κ2) is 6.29. The maximum absolute atomic E-state index is 12.2. The number of nitrogens with zero attached hydrogens (tertiary/aromatic N) is 3.